The third-order valence-electron chi connectivity index (χ3n) is 2.84. The van der Waals surface area contributed by atoms with Crippen molar-refractivity contribution in [2.45, 2.75) is 19.3 Å². The smallest absolute Gasteiger partial charge is 0.201 e. The zero-order valence-electron chi connectivity index (χ0n) is 9.66. The van der Waals surface area contributed by atoms with Gasteiger partial charge in [0.25, 0.3) is 5.92 Å². The van der Waals surface area contributed by atoms with Crippen LogP contribution in [0.15, 0.2) is 54.6 Å². The van der Waals surface area contributed by atoms with E-state index in [2.05, 4.69) is 0 Å². The van der Waals surface area contributed by atoms with Gasteiger partial charge >= 0.3 is 0 Å². The molecule has 0 fully saturated rings. The zero-order valence-corrected chi connectivity index (χ0v) is 9.66. The molecule has 2 aromatic rings. The monoisotopic (exact) mass is 232 g/mol. The molecule has 0 aliphatic rings. The van der Waals surface area contributed by atoms with Gasteiger partial charge in [0.05, 0.1) is 0 Å². The first kappa shape index (κ1) is 11.8. The molecule has 0 amide bonds. The normalized spacial score (nSPS) is 11.5. The van der Waals surface area contributed by atoms with E-state index in [-0.39, 0.29) is 12.0 Å². The molecule has 0 aliphatic heterocycles. The molecule has 0 radical (unpaired) electrons. The Bertz CT molecular complexity index is 489. The summed E-state index contributed by atoms with van der Waals surface area (Å²) in [6, 6.07) is 16.1. The van der Waals surface area contributed by atoms with Crippen molar-refractivity contribution >= 4 is 0 Å². The first-order valence-corrected chi connectivity index (χ1v) is 5.67. The van der Waals surface area contributed by atoms with Crippen LogP contribution in [0.1, 0.15) is 18.9 Å². The average Bonchev–Trinajstić information content (AvgIpc) is 2.40. The van der Waals surface area contributed by atoms with Gasteiger partial charge in [-0.3, -0.25) is 0 Å². The Morgan fingerprint density at radius 1 is 0.882 bits per heavy atom. The van der Waals surface area contributed by atoms with Crippen LogP contribution in [0.3, 0.4) is 0 Å². The summed E-state index contributed by atoms with van der Waals surface area (Å²) in [4.78, 5) is 0. The van der Waals surface area contributed by atoms with E-state index >= 15 is 0 Å². The fourth-order valence-electron chi connectivity index (χ4n) is 1.76. The number of rotatable bonds is 3. The van der Waals surface area contributed by atoms with Crippen LogP contribution in [-0.4, -0.2) is 0 Å². The molecule has 0 aromatic heterocycles. The highest BCUT2D eigenvalue weighted by Crippen LogP contribution is 2.33. The summed E-state index contributed by atoms with van der Waals surface area (Å²) in [6.45, 7) is 1.50. The van der Waals surface area contributed by atoms with Crippen molar-refractivity contribution in [3.05, 3.63) is 60.2 Å². The van der Waals surface area contributed by atoms with Gasteiger partial charge in [-0.15, -0.1) is 0 Å². The molecule has 0 N–H and O–H groups in total. The maximum atomic E-state index is 13.6. The second-order valence-electron chi connectivity index (χ2n) is 4.00. The van der Waals surface area contributed by atoms with Crippen molar-refractivity contribution in [1.82, 2.24) is 0 Å². The van der Waals surface area contributed by atoms with E-state index in [0.717, 1.165) is 11.1 Å². The predicted molar refractivity (Wildman–Crippen MR) is 66.1 cm³/mol. The molecule has 2 heteroatoms. The minimum Gasteiger partial charge on any atom is -0.201 e. The van der Waals surface area contributed by atoms with Crippen LogP contribution in [0, 0.1) is 0 Å². The van der Waals surface area contributed by atoms with Gasteiger partial charge in [0.15, 0.2) is 0 Å². The second kappa shape index (κ2) is 4.66. The lowest BCUT2D eigenvalue weighted by Gasteiger charge is -2.15. The standard InChI is InChI=1S/C15H14F2/c1-2-15(16,17)14-10-6-9-13(11-14)12-7-4-3-5-8-12/h3-11H,2H2,1H3. The molecular weight excluding hydrogens is 218 g/mol. The molecule has 0 aliphatic carbocycles. The number of halogens is 2. The summed E-state index contributed by atoms with van der Waals surface area (Å²) in [6.07, 6.45) is -0.175. The SMILES string of the molecule is CCC(F)(F)c1cccc(-c2ccccc2)c1. The van der Waals surface area contributed by atoms with Crippen molar-refractivity contribution < 1.29 is 8.78 Å². The van der Waals surface area contributed by atoms with Gasteiger partial charge < -0.3 is 0 Å². The predicted octanol–water partition coefficient (Wildman–Crippen LogP) is 4.86. The Kier molecular flexibility index (Phi) is 3.23. The van der Waals surface area contributed by atoms with E-state index in [4.69, 9.17) is 0 Å². The molecule has 2 aromatic carbocycles. The molecule has 0 spiro atoms. The van der Waals surface area contributed by atoms with Crippen molar-refractivity contribution in [2.75, 3.05) is 0 Å². The van der Waals surface area contributed by atoms with Crippen LogP contribution >= 0.6 is 0 Å². The molecule has 2 rings (SSSR count). The quantitative estimate of drug-likeness (QED) is 0.709. The molecule has 0 unspecified atom stereocenters. The third-order valence-corrected chi connectivity index (χ3v) is 2.84. The molecule has 0 atom stereocenters. The van der Waals surface area contributed by atoms with Crippen LogP contribution in [0.25, 0.3) is 11.1 Å². The van der Waals surface area contributed by atoms with Crippen LogP contribution in [0.2, 0.25) is 0 Å². The van der Waals surface area contributed by atoms with Gasteiger partial charge in [0.1, 0.15) is 0 Å². The zero-order chi connectivity index (χ0) is 12.3. The fraction of sp³-hybridized carbons (Fsp3) is 0.200. The number of alkyl halides is 2. The lowest BCUT2D eigenvalue weighted by molar-refractivity contribution is -0.00824. The minimum atomic E-state index is -2.75. The Hall–Kier alpha value is -1.70. The van der Waals surface area contributed by atoms with E-state index in [1.807, 2.05) is 36.4 Å². The average molecular weight is 232 g/mol. The van der Waals surface area contributed by atoms with Crippen molar-refractivity contribution in [1.29, 1.82) is 0 Å². The maximum Gasteiger partial charge on any atom is 0.273 e. The van der Waals surface area contributed by atoms with Crippen molar-refractivity contribution in [3.8, 4) is 11.1 Å². The molecule has 0 bridgehead atoms. The van der Waals surface area contributed by atoms with E-state index in [9.17, 15) is 8.78 Å². The summed E-state index contributed by atoms with van der Waals surface area (Å²) in [7, 11) is 0. The fourth-order valence-corrected chi connectivity index (χ4v) is 1.76. The number of benzene rings is 2. The molecule has 88 valence electrons. The first-order chi connectivity index (χ1) is 8.13. The molecule has 0 heterocycles. The van der Waals surface area contributed by atoms with Crippen molar-refractivity contribution in [3.63, 3.8) is 0 Å². The summed E-state index contributed by atoms with van der Waals surface area (Å²) in [5.41, 5.74) is 1.87. The highest BCUT2D eigenvalue weighted by Gasteiger charge is 2.28. The molecule has 0 saturated heterocycles. The highest BCUT2D eigenvalue weighted by atomic mass is 19.3. The summed E-state index contributed by atoms with van der Waals surface area (Å²) < 4.78 is 27.2. The van der Waals surface area contributed by atoms with E-state index < -0.39 is 5.92 Å². The van der Waals surface area contributed by atoms with E-state index in [1.165, 1.54) is 13.0 Å². The van der Waals surface area contributed by atoms with Crippen LogP contribution in [0.5, 0.6) is 0 Å². The lowest BCUT2D eigenvalue weighted by atomic mass is 9.99. The molecular formula is C15H14F2. The van der Waals surface area contributed by atoms with Gasteiger partial charge in [-0.2, -0.15) is 0 Å². The van der Waals surface area contributed by atoms with Gasteiger partial charge in [-0.1, -0.05) is 55.5 Å². The van der Waals surface area contributed by atoms with Crippen molar-refractivity contribution in [2.24, 2.45) is 0 Å². The first-order valence-electron chi connectivity index (χ1n) is 5.67. The Morgan fingerprint density at radius 3 is 2.18 bits per heavy atom. The summed E-state index contributed by atoms with van der Waals surface area (Å²) in [5.74, 6) is -2.75. The van der Waals surface area contributed by atoms with Gasteiger partial charge in [-0.25, -0.2) is 8.78 Å². The topological polar surface area (TPSA) is 0 Å². The highest BCUT2D eigenvalue weighted by molar-refractivity contribution is 5.64. The van der Waals surface area contributed by atoms with Crippen LogP contribution in [0.4, 0.5) is 8.78 Å². The molecule has 17 heavy (non-hydrogen) atoms. The summed E-state index contributed by atoms with van der Waals surface area (Å²) >= 11 is 0. The van der Waals surface area contributed by atoms with Gasteiger partial charge in [0.2, 0.25) is 0 Å². The minimum absolute atomic E-state index is 0.0846. The third kappa shape index (κ3) is 2.52. The van der Waals surface area contributed by atoms with Crippen LogP contribution < -0.4 is 0 Å². The largest absolute Gasteiger partial charge is 0.273 e. The van der Waals surface area contributed by atoms with Gasteiger partial charge in [-0.05, 0) is 17.2 Å². The number of hydrogen-bond acceptors (Lipinski definition) is 0. The van der Waals surface area contributed by atoms with E-state index in [0.29, 0.717) is 0 Å². The Labute approximate surface area is 99.9 Å². The lowest BCUT2D eigenvalue weighted by Crippen LogP contribution is -2.11. The second-order valence-corrected chi connectivity index (χ2v) is 4.00. The summed E-state index contributed by atoms with van der Waals surface area (Å²) in [5, 5.41) is 0. The Balaban J connectivity index is 2.42. The van der Waals surface area contributed by atoms with Crippen LogP contribution in [-0.2, 0) is 5.92 Å². The Morgan fingerprint density at radius 2 is 1.53 bits per heavy atom. The number of hydrogen-bond donors (Lipinski definition) is 0. The van der Waals surface area contributed by atoms with E-state index in [1.54, 1.807) is 12.1 Å². The molecule has 0 nitrogen and oxygen atoms in total. The molecule has 0 saturated carbocycles. The maximum absolute atomic E-state index is 13.6. The van der Waals surface area contributed by atoms with Gasteiger partial charge in [0, 0.05) is 12.0 Å².